The highest BCUT2D eigenvalue weighted by Gasteiger charge is 2.05. The van der Waals surface area contributed by atoms with E-state index in [0.29, 0.717) is 11.1 Å². The second kappa shape index (κ2) is 1.88. The molecule has 0 aliphatic rings. The summed E-state index contributed by atoms with van der Waals surface area (Å²) in [5.41, 5.74) is 0.741. The number of aromatic hydroxyl groups is 2. The molecular weight excluding hydrogens is 146 g/mol. The van der Waals surface area contributed by atoms with Crippen molar-refractivity contribution in [3.05, 3.63) is 18.5 Å². The zero-order valence-corrected chi connectivity index (χ0v) is 5.48. The Morgan fingerprint density at radius 1 is 1.27 bits per heavy atom. The van der Waals surface area contributed by atoms with Crippen LogP contribution in [0, 0.1) is 0 Å². The van der Waals surface area contributed by atoms with Gasteiger partial charge in [-0.25, -0.2) is 4.98 Å². The van der Waals surface area contributed by atoms with Gasteiger partial charge in [0, 0.05) is 12.1 Å². The van der Waals surface area contributed by atoms with Crippen molar-refractivity contribution in [1.29, 1.82) is 0 Å². The second-order valence-electron chi connectivity index (χ2n) is 2.17. The molecule has 2 N–H and O–H groups in total. The second-order valence-corrected chi connectivity index (χ2v) is 2.17. The molecule has 4 heteroatoms. The van der Waals surface area contributed by atoms with Crippen LogP contribution in [-0.4, -0.2) is 15.2 Å². The Bertz CT molecular complexity index is 393. The topological polar surface area (TPSA) is 66.5 Å². The molecule has 2 rings (SSSR count). The van der Waals surface area contributed by atoms with Crippen molar-refractivity contribution < 1.29 is 14.6 Å². The maximum atomic E-state index is 9.15. The molecule has 1 aromatic carbocycles. The maximum Gasteiger partial charge on any atom is 0.196 e. The molecule has 0 unspecified atom stereocenters. The number of phenolic OH excluding ortho intramolecular Hbond substituents is 2. The van der Waals surface area contributed by atoms with Gasteiger partial charge >= 0.3 is 0 Å². The molecule has 2 aromatic rings. The SMILES string of the molecule is Oc1cc(O)c2ocnc2c1. The third-order valence-corrected chi connectivity index (χ3v) is 1.40. The quantitative estimate of drug-likeness (QED) is 0.594. The van der Waals surface area contributed by atoms with Crippen molar-refractivity contribution in [3.8, 4) is 11.5 Å². The number of hydrogen-bond donors (Lipinski definition) is 2. The summed E-state index contributed by atoms with van der Waals surface area (Å²) >= 11 is 0. The summed E-state index contributed by atoms with van der Waals surface area (Å²) in [5, 5.41) is 18.1. The van der Waals surface area contributed by atoms with Crippen LogP contribution in [0.25, 0.3) is 11.1 Å². The van der Waals surface area contributed by atoms with E-state index in [1.165, 1.54) is 18.5 Å². The van der Waals surface area contributed by atoms with E-state index in [1.54, 1.807) is 0 Å². The molecule has 1 aromatic heterocycles. The van der Waals surface area contributed by atoms with Crippen molar-refractivity contribution >= 4 is 11.1 Å². The standard InChI is InChI=1S/C7H5NO3/c9-4-1-5-7(6(10)2-4)11-3-8-5/h1-3,9-10H. The molecule has 4 nitrogen and oxygen atoms in total. The zero-order valence-electron chi connectivity index (χ0n) is 5.48. The number of aromatic nitrogens is 1. The number of benzene rings is 1. The largest absolute Gasteiger partial charge is 0.508 e. The molecule has 0 fully saturated rings. The Morgan fingerprint density at radius 3 is 2.91 bits per heavy atom. The number of hydrogen-bond acceptors (Lipinski definition) is 4. The third-order valence-electron chi connectivity index (χ3n) is 1.40. The fourth-order valence-corrected chi connectivity index (χ4v) is 0.937. The molecule has 0 bridgehead atoms. The molecule has 0 radical (unpaired) electrons. The molecule has 56 valence electrons. The Balaban J connectivity index is 2.91. The highest BCUT2D eigenvalue weighted by Crippen LogP contribution is 2.28. The average Bonchev–Trinajstić information content (AvgIpc) is 2.34. The van der Waals surface area contributed by atoms with Crippen LogP contribution in [0.3, 0.4) is 0 Å². The van der Waals surface area contributed by atoms with Crippen LogP contribution in [-0.2, 0) is 0 Å². The smallest absolute Gasteiger partial charge is 0.196 e. The van der Waals surface area contributed by atoms with Gasteiger partial charge in [-0.2, -0.15) is 0 Å². The van der Waals surface area contributed by atoms with Crippen molar-refractivity contribution in [2.45, 2.75) is 0 Å². The highest BCUT2D eigenvalue weighted by atomic mass is 16.4. The van der Waals surface area contributed by atoms with Crippen molar-refractivity contribution in [3.63, 3.8) is 0 Å². The normalized spacial score (nSPS) is 10.5. The summed E-state index contributed by atoms with van der Waals surface area (Å²) in [6.07, 6.45) is 1.21. The van der Waals surface area contributed by atoms with Crippen molar-refractivity contribution in [1.82, 2.24) is 4.98 Å². The molecule has 1 heterocycles. The molecule has 11 heavy (non-hydrogen) atoms. The number of oxazole rings is 1. The first-order valence-electron chi connectivity index (χ1n) is 3.02. The molecule has 0 saturated heterocycles. The monoisotopic (exact) mass is 151 g/mol. The van der Waals surface area contributed by atoms with E-state index in [9.17, 15) is 0 Å². The van der Waals surface area contributed by atoms with Gasteiger partial charge in [0.25, 0.3) is 0 Å². The van der Waals surface area contributed by atoms with Crippen LogP contribution in [0.2, 0.25) is 0 Å². The molecule has 0 amide bonds. The Morgan fingerprint density at radius 2 is 2.09 bits per heavy atom. The van der Waals surface area contributed by atoms with Gasteiger partial charge in [0.2, 0.25) is 0 Å². The zero-order chi connectivity index (χ0) is 7.84. The number of phenols is 2. The van der Waals surface area contributed by atoms with E-state index in [0.717, 1.165) is 0 Å². The minimum Gasteiger partial charge on any atom is -0.508 e. The van der Waals surface area contributed by atoms with Gasteiger partial charge in [0.15, 0.2) is 17.7 Å². The minimum atomic E-state index is -0.0995. The van der Waals surface area contributed by atoms with Crippen LogP contribution in [0.15, 0.2) is 22.9 Å². The van der Waals surface area contributed by atoms with Crippen molar-refractivity contribution in [2.75, 3.05) is 0 Å². The van der Waals surface area contributed by atoms with Gasteiger partial charge in [0.05, 0.1) is 0 Å². The summed E-state index contributed by atoms with van der Waals surface area (Å²) in [5.74, 6) is -0.124. The molecule has 0 spiro atoms. The molecule has 0 atom stereocenters. The Kier molecular flexibility index (Phi) is 1.03. The van der Waals surface area contributed by atoms with Crippen LogP contribution in [0.5, 0.6) is 11.5 Å². The Hall–Kier alpha value is -1.71. The van der Waals surface area contributed by atoms with E-state index in [2.05, 4.69) is 4.98 Å². The highest BCUT2D eigenvalue weighted by molar-refractivity contribution is 5.80. The van der Waals surface area contributed by atoms with Gasteiger partial charge in [-0.15, -0.1) is 0 Å². The third kappa shape index (κ3) is 0.797. The van der Waals surface area contributed by atoms with Crippen LogP contribution >= 0.6 is 0 Å². The average molecular weight is 151 g/mol. The number of rotatable bonds is 0. The summed E-state index contributed by atoms with van der Waals surface area (Å²) in [4.78, 5) is 3.75. The Labute approximate surface area is 61.7 Å². The number of nitrogens with zero attached hydrogens (tertiary/aromatic N) is 1. The van der Waals surface area contributed by atoms with E-state index >= 15 is 0 Å². The van der Waals surface area contributed by atoms with E-state index in [1.807, 2.05) is 0 Å². The van der Waals surface area contributed by atoms with E-state index in [4.69, 9.17) is 14.6 Å². The first-order valence-corrected chi connectivity index (χ1v) is 3.02. The molecule has 0 aliphatic heterocycles. The van der Waals surface area contributed by atoms with Gasteiger partial charge in [-0.05, 0) is 0 Å². The molecule has 0 aliphatic carbocycles. The summed E-state index contributed by atoms with van der Waals surface area (Å²) in [6.45, 7) is 0. The fraction of sp³-hybridized carbons (Fsp3) is 0. The molecular formula is C7H5NO3. The maximum absolute atomic E-state index is 9.15. The lowest BCUT2D eigenvalue weighted by Crippen LogP contribution is -1.69. The lowest BCUT2D eigenvalue weighted by atomic mass is 10.3. The number of fused-ring (bicyclic) bond motifs is 1. The first kappa shape index (κ1) is 6.03. The summed E-state index contributed by atoms with van der Waals surface area (Å²) in [6, 6.07) is 2.62. The first-order chi connectivity index (χ1) is 5.27. The predicted molar refractivity (Wildman–Crippen MR) is 37.3 cm³/mol. The summed E-state index contributed by atoms with van der Waals surface area (Å²) in [7, 11) is 0. The van der Waals surface area contributed by atoms with Crippen LogP contribution in [0.1, 0.15) is 0 Å². The van der Waals surface area contributed by atoms with Crippen molar-refractivity contribution in [2.24, 2.45) is 0 Å². The van der Waals surface area contributed by atoms with Gasteiger partial charge in [-0.1, -0.05) is 0 Å². The summed E-state index contributed by atoms with van der Waals surface area (Å²) < 4.78 is 4.83. The van der Waals surface area contributed by atoms with E-state index < -0.39 is 0 Å². The lowest BCUT2D eigenvalue weighted by molar-refractivity contribution is 0.446. The van der Waals surface area contributed by atoms with Gasteiger partial charge in [-0.3, -0.25) is 0 Å². The predicted octanol–water partition coefficient (Wildman–Crippen LogP) is 1.24. The minimum absolute atomic E-state index is 0.0242. The fourth-order valence-electron chi connectivity index (χ4n) is 0.937. The van der Waals surface area contributed by atoms with Gasteiger partial charge < -0.3 is 14.6 Å². The van der Waals surface area contributed by atoms with Crippen LogP contribution in [0.4, 0.5) is 0 Å². The lowest BCUT2D eigenvalue weighted by Gasteiger charge is -1.92. The molecule has 0 saturated carbocycles. The van der Waals surface area contributed by atoms with Gasteiger partial charge in [0.1, 0.15) is 11.3 Å². The van der Waals surface area contributed by atoms with Crippen LogP contribution < -0.4 is 0 Å². The van der Waals surface area contributed by atoms with E-state index in [-0.39, 0.29) is 11.5 Å².